The Balaban J connectivity index is 1.99. The molecule has 2 atom stereocenters. The Morgan fingerprint density at radius 2 is 2.06 bits per heavy atom. The van der Waals surface area contributed by atoms with Crippen LogP contribution in [0.15, 0.2) is 4.52 Å². The molecule has 1 aliphatic carbocycles. The highest BCUT2D eigenvalue weighted by molar-refractivity contribution is 5.00. The van der Waals surface area contributed by atoms with Crippen LogP contribution in [0.1, 0.15) is 49.7 Å². The lowest BCUT2D eigenvalue weighted by Gasteiger charge is -2.16. The van der Waals surface area contributed by atoms with Crippen LogP contribution in [-0.2, 0) is 6.42 Å². The highest BCUT2D eigenvalue weighted by Gasteiger charge is 2.27. The van der Waals surface area contributed by atoms with Crippen molar-refractivity contribution in [1.82, 2.24) is 15.0 Å². The van der Waals surface area contributed by atoms with Gasteiger partial charge in [-0.15, -0.1) is 0 Å². The molecule has 1 aliphatic rings. The molecule has 1 fully saturated rings. The number of hydrogen-bond donors (Lipinski definition) is 1. The summed E-state index contributed by atoms with van der Waals surface area (Å²) < 4.78 is 5.40. The van der Waals surface area contributed by atoms with Crippen molar-refractivity contribution >= 4 is 0 Å². The average Bonchev–Trinajstić information content (AvgIpc) is 2.69. The van der Waals surface area contributed by atoms with E-state index < -0.39 is 0 Å². The summed E-state index contributed by atoms with van der Waals surface area (Å²) in [6, 6.07) is 0.176. The van der Waals surface area contributed by atoms with Gasteiger partial charge in [0.1, 0.15) is 0 Å². The van der Waals surface area contributed by atoms with Crippen LogP contribution in [0.3, 0.4) is 0 Å². The molecule has 0 radical (unpaired) electrons. The van der Waals surface area contributed by atoms with Crippen LogP contribution < -0.4 is 5.73 Å². The molecule has 0 aromatic carbocycles. The second-order valence-electron chi connectivity index (χ2n) is 5.51. The highest BCUT2D eigenvalue weighted by Crippen LogP contribution is 2.29. The van der Waals surface area contributed by atoms with Crippen molar-refractivity contribution in [1.29, 1.82) is 0 Å². The van der Waals surface area contributed by atoms with Crippen molar-refractivity contribution < 1.29 is 4.52 Å². The van der Waals surface area contributed by atoms with Crippen molar-refractivity contribution in [3.8, 4) is 0 Å². The number of likely N-dealkylation sites (N-methyl/N-ethyl adjacent to an activating group) is 1. The monoisotopic (exact) mass is 252 g/mol. The molecule has 1 heterocycles. The topological polar surface area (TPSA) is 68.2 Å². The van der Waals surface area contributed by atoms with E-state index in [1.165, 1.54) is 19.3 Å². The fourth-order valence-electron chi connectivity index (χ4n) is 2.49. The molecule has 0 bridgehead atoms. The molecular weight excluding hydrogens is 228 g/mol. The van der Waals surface area contributed by atoms with Gasteiger partial charge in [0.05, 0.1) is 5.92 Å². The Morgan fingerprint density at radius 1 is 1.28 bits per heavy atom. The van der Waals surface area contributed by atoms with E-state index in [2.05, 4.69) is 15.0 Å². The number of hydrogen-bond acceptors (Lipinski definition) is 5. The van der Waals surface area contributed by atoms with Crippen molar-refractivity contribution in [2.24, 2.45) is 5.73 Å². The van der Waals surface area contributed by atoms with Gasteiger partial charge in [0.25, 0.3) is 0 Å². The first kappa shape index (κ1) is 13.5. The van der Waals surface area contributed by atoms with E-state index in [4.69, 9.17) is 10.3 Å². The first-order chi connectivity index (χ1) is 8.66. The summed E-state index contributed by atoms with van der Waals surface area (Å²) in [4.78, 5) is 6.63. The van der Waals surface area contributed by atoms with E-state index in [-0.39, 0.29) is 12.0 Å². The van der Waals surface area contributed by atoms with Gasteiger partial charge in [0.2, 0.25) is 5.89 Å². The molecule has 102 valence electrons. The van der Waals surface area contributed by atoms with E-state index in [9.17, 15) is 0 Å². The molecule has 0 aliphatic heterocycles. The molecule has 18 heavy (non-hydrogen) atoms. The molecule has 2 rings (SSSR count). The average molecular weight is 252 g/mol. The summed E-state index contributed by atoms with van der Waals surface area (Å²) in [5, 5.41) is 4.06. The molecule has 5 nitrogen and oxygen atoms in total. The summed E-state index contributed by atoms with van der Waals surface area (Å²) in [6.45, 7) is 0.940. The van der Waals surface area contributed by atoms with Gasteiger partial charge in [-0.05, 0) is 26.9 Å². The molecule has 1 saturated carbocycles. The third-order valence-corrected chi connectivity index (χ3v) is 3.65. The van der Waals surface area contributed by atoms with Crippen LogP contribution in [0, 0.1) is 0 Å². The molecule has 2 unspecified atom stereocenters. The van der Waals surface area contributed by atoms with E-state index >= 15 is 0 Å². The molecule has 0 amide bonds. The fourth-order valence-corrected chi connectivity index (χ4v) is 2.49. The maximum atomic E-state index is 6.21. The minimum Gasteiger partial charge on any atom is -0.339 e. The Kier molecular flexibility index (Phi) is 4.72. The van der Waals surface area contributed by atoms with Gasteiger partial charge in [0.15, 0.2) is 5.82 Å². The van der Waals surface area contributed by atoms with Crippen molar-refractivity contribution in [3.05, 3.63) is 11.7 Å². The predicted octanol–water partition coefficient (Wildman–Crippen LogP) is 1.55. The van der Waals surface area contributed by atoms with Crippen LogP contribution in [-0.4, -0.2) is 41.7 Å². The molecule has 2 N–H and O–H groups in total. The normalized spacial score (nSPS) is 25.3. The lowest BCUT2D eigenvalue weighted by atomic mass is 9.95. The quantitative estimate of drug-likeness (QED) is 0.823. The van der Waals surface area contributed by atoms with Gasteiger partial charge < -0.3 is 15.2 Å². The standard InChI is InChI=1S/C13H24N4O/c1-17(2)9-8-12-15-13(18-16-12)10-6-4-3-5-7-11(10)14/h10-11H,3-9,14H2,1-2H3. The maximum Gasteiger partial charge on any atom is 0.231 e. The third kappa shape index (κ3) is 3.53. The first-order valence-corrected chi connectivity index (χ1v) is 6.89. The van der Waals surface area contributed by atoms with Gasteiger partial charge in [-0.3, -0.25) is 0 Å². The Hall–Kier alpha value is -0.940. The summed E-state index contributed by atoms with van der Waals surface area (Å²) in [5.41, 5.74) is 6.21. The van der Waals surface area contributed by atoms with Crippen LogP contribution in [0.5, 0.6) is 0 Å². The predicted molar refractivity (Wildman–Crippen MR) is 70.4 cm³/mol. The lowest BCUT2D eigenvalue weighted by Crippen LogP contribution is -2.27. The van der Waals surface area contributed by atoms with Crippen LogP contribution in [0.2, 0.25) is 0 Å². The Labute approximate surface area is 109 Å². The van der Waals surface area contributed by atoms with Gasteiger partial charge in [-0.1, -0.05) is 24.4 Å². The molecule has 1 aromatic rings. The maximum absolute atomic E-state index is 6.21. The van der Waals surface area contributed by atoms with Gasteiger partial charge in [0, 0.05) is 19.0 Å². The van der Waals surface area contributed by atoms with Gasteiger partial charge in [-0.25, -0.2) is 0 Å². The van der Waals surface area contributed by atoms with E-state index in [0.29, 0.717) is 0 Å². The van der Waals surface area contributed by atoms with E-state index in [0.717, 1.165) is 37.5 Å². The SMILES string of the molecule is CN(C)CCc1noc(C2CCCCCC2N)n1. The molecule has 5 heteroatoms. The summed E-state index contributed by atoms with van der Waals surface area (Å²) in [5.74, 6) is 1.81. The second-order valence-corrected chi connectivity index (χ2v) is 5.51. The van der Waals surface area contributed by atoms with E-state index in [1.807, 2.05) is 14.1 Å². The molecule has 0 spiro atoms. The number of aromatic nitrogens is 2. The molecule has 0 saturated heterocycles. The number of nitrogens with zero attached hydrogens (tertiary/aromatic N) is 3. The van der Waals surface area contributed by atoms with Crippen molar-refractivity contribution in [3.63, 3.8) is 0 Å². The van der Waals surface area contributed by atoms with E-state index in [1.54, 1.807) is 0 Å². The van der Waals surface area contributed by atoms with Crippen LogP contribution in [0.25, 0.3) is 0 Å². The summed E-state index contributed by atoms with van der Waals surface area (Å²) in [7, 11) is 4.09. The fraction of sp³-hybridized carbons (Fsp3) is 0.846. The minimum absolute atomic E-state index is 0.176. The first-order valence-electron chi connectivity index (χ1n) is 6.89. The molecular formula is C13H24N4O. The van der Waals surface area contributed by atoms with Crippen LogP contribution >= 0.6 is 0 Å². The largest absolute Gasteiger partial charge is 0.339 e. The zero-order valence-electron chi connectivity index (χ0n) is 11.4. The Morgan fingerprint density at radius 3 is 2.83 bits per heavy atom. The van der Waals surface area contributed by atoms with Crippen LogP contribution in [0.4, 0.5) is 0 Å². The summed E-state index contributed by atoms with van der Waals surface area (Å²) in [6.07, 6.45) is 6.69. The Bertz CT molecular complexity index is 364. The number of rotatable bonds is 4. The zero-order valence-corrected chi connectivity index (χ0v) is 11.4. The second kappa shape index (κ2) is 6.29. The van der Waals surface area contributed by atoms with Gasteiger partial charge >= 0.3 is 0 Å². The summed E-state index contributed by atoms with van der Waals surface area (Å²) >= 11 is 0. The zero-order chi connectivity index (χ0) is 13.0. The van der Waals surface area contributed by atoms with Crippen molar-refractivity contribution in [2.45, 2.75) is 50.5 Å². The van der Waals surface area contributed by atoms with Gasteiger partial charge in [-0.2, -0.15) is 4.98 Å². The van der Waals surface area contributed by atoms with Crippen molar-refractivity contribution in [2.75, 3.05) is 20.6 Å². The smallest absolute Gasteiger partial charge is 0.231 e. The number of nitrogens with two attached hydrogens (primary N) is 1. The molecule has 1 aromatic heterocycles. The highest BCUT2D eigenvalue weighted by atomic mass is 16.5. The third-order valence-electron chi connectivity index (χ3n) is 3.65. The minimum atomic E-state index is 0.176. The lowest BCUT2D eigenvalue weighted by molar-refractivity contribution is 0.321.